The standard InChI is InChI=1S/C18H27ClN4O6P2S/c1-5-26-30(24,27-6-2)16(31(25,28-7-3)29-8-4)18(14-10-9-11-15(19)12-14)22-23-13-20-21-17(23)32-18/h9-13,16,22H,5-8H2,1-4H3. The number of nitrogens with one attached hydrogen (secondary N) is 1. The van der Waals surface area contributed by atoms with Crippen LogP contribution in [-0.4, -0.2) is 46.7 Å². The summed E-state index contributed by atoms with van der Waals surface area (Å²) in [5, 5.41) is 7.51. The molecule has 3 rings (SSSR count). The summed E-state index contributed by atoms with van der Waals surface area (Å²) in [6, 6.07) is 6.93. The first-order valence-electron chi connectivity index (χ1n) is 10.2. The van der Waals surface area contributed by atoms with Crippen molar-refractivity contribution >= 4 is 38.6 Å². The summed E-state index contributed by atoms with van der Waals surface area (Å²) in [5.41, 5.74) is 3.82. The van der Waals surface area contributed by atoms with E-state index in [1.54, 1.807) is 56.6 Å². The molecule has 1 N–H and O–H groups in total. The lowest BCUT2D eigenvalue weighted by atomic mass is 10.1. The first kappa shape index (κ1) is 25.7. The van der Waals surface area contributed by atoms with Crippen molar-refractivity contribution in [2.24, 2.45) is 0 Å². The van der Waals surface area contributed by atoms with Crippen LogP contribution in [0.3, 0.4) is 0 Å². The quantitative estimate of drug-likeness (QED) is 0.367. The Balaban J connectivity index is 2.32. The first-order valence-corrected chi connectivity index (χ1v) is 14.6. The van der Waals surface area contributed by atoms with Gasteiger partial charge in [-0.2, -0.15) is 0 Å². The molecule has 0 radical (unpaired) electrons. The predicted octanol–water partition coefficient (Wildman–Crippen LogP) is 5.29. The second-order valence-electron chi connectivity index (χ2n) is 6.57. The highest BCUT2D eigenvalue weighted by atomic mass is 35.5. The number of fused-ring (bicyclic) bond motifs is 1. The zero-order valence-corrected chi connectivity index (χ0v) is 21.6. The van der Waals surface area contributed by atoms with Gasteiger partial charge in [-0.25, -0.2) is 4.68 Å². The molecule has 0 spiro atoms. The molecule has 0 bridgehead atoms. The third kappa shape index (κ3) is 4.81. The van der Waals surface area contributed by atoms with E-state index in [1.807, 2.05) is 0 Å². The Bertz CT molecular complexity index is 954. The molecule has 1 unspecified atom stereocenters. The van der Waals surface area contributed by atoms with Gasteiger partial charge in [0.1, 0.15) is 6.33 Å². The van der Waals surface area contributed by atoms with Crippen molar-refractivity contribution in [3.05, 3.63) is 41.2 Å². The minimum absolute atomic E-state index is 0.0639. The van der Waals surface area contributed by atoms with Gasteiger partial charge in [-0.05, 0) is 57.2 Å². The van der Waals surface area contributed by atoms with Gasteiger partial charge in [0.15, 0.2) is 4.87 Å². The van der Waals surface area contributed by atoms with Crippen LogP contribution in [-0.2, 0) is 32.1 Å². The molecule has 0 aliphatic carbocycles. The summed E-state index contributed by atoms with van der Waals surface area (Å²) in [4.78, 5) is -1.38. The van der Waals surface area contributed by atoms with E-state index >= 15 is 0 Å². The van der Waals surface area contributed by atoms with E-state index in [0.717, 1.165) is 0 Å². The fourth-order valence-electron chi connectivity index (χ4n) is 3.51. The number of thioether (sulfide) groups is 1. The van der Waals surface area contributed by atoms with E-state index < -0.39 is 25.5 Å². The van der Waals surface area contributed by atoms with Crippen molar-refractivity contribution in [2.75, 3.05) is 31.9 Å². The smallest absolute Gasteiger partial charge is 0.308 e. The van der Waals surface area contributed by atoms with Gasteiger partial charge in [0.2, 0.25) is 10.6 Å². The average molecular weight is 525 g/mol. The molecule has 1 aliphatic heterocycles. The van der Waals surface area contributed by atoms with Crippen molar-refractivity contribution in [1.29, 1.82) is 0 Å². The molecule has 1 atom stereocenters. The number of hydrogen-bond donors (Lipinski definition) is 1. The lowest BCUT2D eigenvalue weighted by Gasteiger charge is -2.42. The Labute approximate surface area is 196 Å². The molecule has 0 fully saturated rings. The van der Waals surface area contributed by atoms with Crippen LogP contribution in [0, 0.1) is 0 Å². The van der Waals surface area contributed by atoms with Crippen LogP contribution in [0.4, 0.5) is 0 Å². The van der Waals surface area contributed by atoms with Crippen LogP contribution in [0.1, 0.15) is 33.3 Å². The number of hydrogen-bond acceptors (Lipinski definition) is 10. The third-order valence-corrected chi connectivity index (χ3v) is 12.6. The van der Waals surface area contributed by atoms with Crippen molar-refractivity contribution in [3.63, 3.8) is 0 Å². The van der Waals surface area contributed by atoms with Crippen LogP contribution in [0.15, 0.2) is 35.7 Å². The summed E-state index contributed by atoms with van der Waals surface area (Å²) in [6.07, 6.45) is 1.46. The SMILES string of the molecule is CCOP(=O)(OCC)C(C1(c2cccc(Cl)c2)Nn2cnnc2S1)P(=O)(OCC)OCC. The van der Waals surface area contributed by atoms with Gasteiger partial charge in [-0.15, -0.1) is 10.2 Å². The van der Waals surface area contributed by atoms with E-state index in [9.17, 15) is 9.13 Å². The highest BCUT2D eigenvalue weighted by molar-refractivity contribution is 8.01. The molecule has 2 heterocycles. The molecule has 0 saturated carbocycles. The normalized spacial score (nSPS) is 18.7. The molecule has 10 nitrogen and oxygen atoms in total. The van der Waals surface area contributed by atoms with E-state index in [0.29, 0.717) is 15.7 Å². The van der Waals surface area contributed by atoms with Crippen LogP contribution in [0.25, 0.3) is 0 Å². The van der Waals surface area contributed by atoms with Crippen molar-refractivity contribution < 1.29 is 27.2 Å². The summed E-state index contributed by atoms with van der Waals surface area (Å²) in [5.74, 6) is 0. The molecule has 1 aliphatic rings. The maximum absolute atomic E-state index is 14.3. The summed E-state index contributed by atoms with van der Waals surface area (Å²) < 4.78 is 53.0. The molecule has 178 valence electrons. The number of nitrogens with zero attached hydrogens (tertiary/aromatic N) is 3. The Morgan fingerprint density at radius 3 is 2.09 bits per heavy atom. The van der Waals surface area contributed by atoms with Gasteiger partial charge in [-0.3, -0.25) is 14.6 Å². The van der Waals surface area contributed by atoms with Crippen LogP contribution in [0.2, 0.25) is 5.02 Å². The van der Waals surface area contributed by atoms with Crippen molar-refractivity contribution in [3.8, 4) is 0 Å². The van der Waals surface area contributed by atoms with E-state index in [4.69, 9.17) is 29.7 Å². The molecular formula is C18H27ClN4O6P2S. The largest absolute Gasteiger partial charge is 0.349 e. The summed E-state index contributed by atoms with van der Waals surface area (Å²) >= 11 is 7.49. The summed E-state index contributed by atoms with van der Waals surface area (Å²) in [7, 11) is -8.22. The molecular weight excluding hydrogens is 498 g/mol. The summed E-state index contributed by atoms with van der Waals surface area (Å²) in [6.45, 7) is 7.00. The molecule has 32 heavy (non-hydrogen) atoms. The van der Waals surface area contributed by atoms with E-state index in [1.165, 1.54) is 18.1 Å². The highest BCUT2D eigenvalue weighted by Crippen LogP contribution is 2.77. The minimum Gasteiger partial charge on any atom is -0.308 e. The first-order chi connectivity index (χ1) is 15.3. The average Bonchev–Trinajstić information content (AvgIpc) is 3.29. The van der Waals surface area contributed by atoms with Crippen LogP contribution in [0.5, 0.6) is 0 Å². The van der Waals surface area contributed by atoms with Gasteiger partial charge < -0.3 is 18.1 Å². The van der Waals surface area contributed by atoms with Crippen LogP contribution < -0.4 is 5.43 Å². The molecule has 2 aromatic rings. The van der Waals surface area contributed by atoms with Crippen molar-refractivity contribution in [2.45, 2.75) is 43.1 Å². The lowest BCUT2D eigenvalue weighted by molar-refractivity contribution is 0.190. The molecule has 0 amide bonds. The number of halogens is 1. The number of benzene rings is 1. The predicted molar refractivity (Wildman–Crippen MR) is 124 cm³/mol. The third-order valence-electron chi connectivity index (χ3n) is 4.51. The highest BCUT2D eigenvalue weighted by Gasteiger charge is 2.66. The van der Waals surface area contributed by atoms with Gasteiger partial charge in [-0.1, -0.05) is 23.7 Å². The fraction of sp³-hybridized carbons (Fsp3) is 0.556. The zero-order chi connectivity index (χ0) is 23.4. The molecule has 1 aromatic carbocycles. The zero-order valence-electron chi connectivity index (χ0n) is 18.3. The van der Waals surface area contributed by atoms with Crippen molar-refractivity contribution in [1.82, 2.24) is 14.9 Å². The molecule has 0 saturated heterocycles. The second kappa shape index (κ2) is 10.6. The van der Waals surface area contributed by atoms with Gasteiger partial charge in [0, 0.05) is 5.02 Å². The number of rotatable bonds is 12. The van der Waals surface area contributed by atoms with Gasteiger partial charge in [0.25, 0.3) is 0 Å². The monoisotopic (exact) mass is 524 g/mol. The molecule has 14 heteroatoms. The fourth-order valence-corrected chi connectivity index (χ4v) is 11.5. The van der Waals surface area contributed by atoms with Crippen LogP contribution >= 0.6 is 38.6 Å². The maximum atomic E-state index is 14.3. The lowest BCUT2D eigenvalue weighted by Crippen LogP contribution is -2.45. The van der Waals surface area contributed by atoms with Gasteiger partial charge >= 0.3 is 15.2 Å². The Kier molecular flexibility index (Phi) is 8.50. The Morgan fingerprint density at radius 1 is 1.06 bits per heavy atom. The topological polar surface area (TPSA) is 114 Å². The Morgan fingerprint density at radius 2 is 1.62 bits per heavy atom. The minimum atomic E-state index is -4.11. The van der Waals surface area contributed by atoms with E-state index in [-0.39, 0.29) is 26.4 Å². The number of aromatic nitrogens is 3. The second-order valence-corrected chi connectivity index (χ2v) is 12.8. The van der Waals surface area contributed by atoms with E-state index in [2.05, 4.69) is 15.6 Å². The Hall–Kier alpha value is -0.900. The molecule has 1 aromatic heterocycles. The van der Waals surface area contributed by atoms with Gasteiger partial charge in [0.05, 0.1) is 26.4 Å². The maximum Gasteiger partial charge on any atom is 0.349 e.